The highest BCUT2D eigenvalue weighted by atomic mass is 32.1. The van der Waals surface area contributed by atoms with Crippen molar-refractivity contribution in [2.24, 2.45) is 0 Å². The Morgan fingerprint density at radius 2 is 1.74 bits per heavy atom. The lowest BCUT2D eigenvalue weighted by atomic mass is 10.0. The van der Waals surface area contributed by atoms with Gasteiger partial charge in [0, 0.05) is 16.5 Å². The lowest BCUT2D eigenvalue weighted by Gasteiger charge is -2.20. The Morgan fingerprint density at radius 1 is 1.00 bits per heavy atom. The number of carbonyl (C=O) groups excluding carboxylic acids is 3. The molecule has 0 saturated heterocycles. The molecule has 1 atom stereocenters. The smallest absolute Gasteiger partial charge is 0.341 e. The summed E-state index contributed by atoms with van der Waals surface area (Å²) in [7, 11) is 0. The van der Waals surface area contributed by atoms with E-state index in [1.54, 1.807) is 25.1 Å². The number of benzene rings is 2. The van der Waals surface area contributed by atoms with Crippen LogP contribution in [0.25, 0.3) is 11.1 Å². The van der Waals surface area contributed by atoms with Gasteiger partial charge in [-0.1, -0.05) is 60.2 Å². The van der Waals surface area contributed by atoms with E-state index in [0.29, 0.717) is 21.7 Å². The van der Waals surface area contributed by atoms with Crippen LogP contribution in [0.15, 0.2) is 82.8 Å². The van der Waals surface area contributed by atoms with Gasteiger partial charge in [-0.05, 0) is 31.5 Å². The number of amides is 1. The first-order chi connectivity index (χ1) is 17.0. The van der Waals surface area contributed by atoms with Gasteiger partial charge in [0.25, 0.3) is 5.91 Å². The van der Waals surface area contributed by atoms with Crippen molar-refractivity contribution in [3.05, 3.63) is 101 Å². The highest BCUT2D eigenvalue weighted by Crippen LogP contribution is 2.36. The number of Topliss-reactive ketones (excluding diaryl/α,β-unsaturated/α-hetero) is 1. The van der Waals surface area contributed by atoms with Gasteiger partial charge in [0.05, 0.1) is 12.9 Å². The van der Waals surface area contributed by atoms with Crippen molar-refractivity contribution < 1.29 is 23.5 Å². The van der Waals surface area contributed by atoms with E-state index in [1.165, 1.54) is 23.7 Å². The topological polar surface area (TPSA) is 97.6 Å². The molecule has 0 aliphatic carbocycles. The molecule has 1 amide bonds. The molecule has 178 valence electrons. The summed E-state index contributed by atoms with van der Waals surface area (Å²) >= 11 is 1.25. The minimum atomic E-state index is -1.16. The fraction of sp³-hybridized carbons (Fsp3) is 0.148. The minimum Gasteiger partial charge on any atom is -0.462 e. The van der Waals surface area contributed by atoms with E-state index in [2.05, 4.69) is 10.6 Å². The molecule has 2 aromatic heterocycles. The first-order valence-corrected chi connectivity index (χ1v) is 11.9. The zero-order chi connectivity index (χ0) is 24.8. The Bertz CT molecular complexity index is 1310. The van der Waals surface area contributed by atoms with Gasteiger partial charge >= 0.3 is 5.97 Å². The number of anilines is 1. The molecule has 2 heterocycles. The Hall–Kier alpha value is -4.17. The summed E-state index contributed by atoms with van der Waals surface area (Å²) in [4.78, 5) is 39.1. The number of hydrogen-bond acceptors (Lipinski definition) is 7. The van der Waals surface area contributed by atoms with E-state index >= 15 is 0 Å². The molecule has 0 aliphatic rings. The van der Waals surface area contributed by atoms with E-state index in [-0.39, 0.29) is 18.2 Å². The Balaban J connectivity index is 1.72. The summed E-state index contributed by atoms with van der Waals surface area (Å²) in [6.45, 7) is 3.85. The average molecular weight is 489 g/mol. The van der Waals surface area contributed by atoms with Crippen molar-refractivity contribution in [3.8, 4) is 11.1 Å². The van der Waals surface area contributed by atoms with Crippen LogP contribution in [-0.4, -0.2) is 30.4 Å². The minimum absolute atomic E-state index is 0.0651. The normalized spacial score (nSPS) is 11.5. The van der Waals surface area contributed by atoms with Crippen LogP contribution in [0.4, 0.5) is 5.00 Å². The van der Waals surface area contributed by atoms with E-state index in [1.807, 2.05) is 54.8 Å². The van der Waals surface area contributed by atoms with Gasteiger partial charge in [0.1, 0.15) is 10.6 Å². The van der Waals surface area contributed by atoms with Gasteiger partial charge in [0.2, 0.25) is 5.78 Å². The van der Waals surface area contributed by atoms with Crippen molar-refractivity contribution in [2.45, 2.75) is 20.0 Å². The monoisotopic (exact) mass is 488 g/mol. The van der Waals surface area contributed by atoms with Gasteiger partial charge in [-0.25, -0.2) is 4.79 Å². The van der Waals surface area contributed by atoms with Gasteiger partial charge in [-0.2, -0.15) is 0 Å². The molecule has 4 aromatic rings. The first-order valence-electron chi connectivity index (χ1n) is 11.0. The van der Waals surface area contributed by atoms with Gasteiger partial charge in [-0.3, -0.25) is 9.59 Å². The van der Waals surface area contributed by atoms with Crippen molar-refractivity contribution in [3.63, 3.8) is 0 Å². The first kappa shape index (κ1) is 24.0. The molecule has 0 fully saturated rings. The van der Waals surface area contributed by atoms with Crippen LogP contribution in [0, 0.1) is 6.92 Å². The summed E-state index contributed by atoms with van der Waals surface area (Å²) < 4.78 is 10.5. The zero-order valence-corrected chi connectivity index (χ0v) is 20.1. The number of thiophene rings is 1. The van der Waals surface area contributed by atoms with E-state index in [9.17, 15) is 14.4 Å². The second kappa shape index (κ2) is 10.8. The molecule has 2 aromatic carbocycles. The molecular formula is C27H24N2O5S. The molecule has 4 rings (SSSR count). The predicted molar refractivity (Wildman–Crippen MR) is 135 cm³/mol. The van der Waals surface area contributed by atoms with Gasteiger partial charge < -0.3 is 19.8 Å². The molecule has 0 saturated carbocycles. The molecule has 0 radical (unpaired) electrons. The lowest BCUT2D eigenvalue weighted by molar-refractivity contribution is 0.0528. The third-order valence-electron chi connectivity index (χ3n) is 5.25. The highest BCUT2D eigenvalue weighted by Gasteiger charge is 2.28. The van der Waals surface area contributed by atoms with Gasteiger partial charge in [0.15, 0.2) is 11.9 Å². The number of ketones is 1. The Kier molecular flexibility index (Phi) is 7.42. The summed E-state index contributed by atoms with van der Waals surface area (Å²) in [5.41, 5.74) is 3.22. The molecular weight excluding hydrogens is 464 g/mol. The fourth-order valence-electron chi connectivity index (χ4n) is 3.49. The quantitative estimate of drug-likeness (QED) is 0.182. The average Bonchev–Trinajstić information content (AvgIpc) is 3.55. The maximum absolute atomic E-state index is 13.4. The second-order valence-electron chi connectivity index (χ2n) is 7.70. The van der Waals surface area contributed by atoms with Crippen LogP contribution in [0.3, 0.4) is 0 Å². The summed E-state index contributed by atoms with van der Waals surface area (Å²) in [6, 6.07) is 19.6. The number of hydrogen-bond donors (Lipinski definition) is 2. The zero-order valence-electron chi connectivity index (χ0n) is 19.2. The van der Waals surface area contributed by atoms with Crippen molar-refractivity contribution in [2.75, 3.05) is 11.9 Å². The molecule has 0 aliphatic heterocycles. The Labute approximate surface area is 206 Å². The van der Waals surface area contributed by atoms with Crippen LogP contribution in [0.5, 0.6) is 0 Å². The Morgan fingerprint density at radius 3 is 2.40 bits per heavy atom. The molecule has 0 spiro atoms. The summed E-state index contributed by atoms with van der Waals surface area (Å²) in [5.74, 6) is -1.39. The van der Waals surface area contributed by atoms with Crippen LogP contribution in [0.2, 0.25) is 0 Å². The second-order valence-corrected chi connectivity index (χ2v) is 8.58. The number of esters is 1. The van der Waals surface area contributed by atoms with Crippen molar-refractivity contribution in [1.29, 1.82) is 0 Å². The number of rotatable bonds is 9. The number of aryl methyl sites for hydroxylation is 1. The molecule has 35 heavy (non-hydrogen) atoms. The molecule has 7 nitrogen and oxygen atoms in total. The van der Waals surface area contributed by atoms with Gasteiger partial charge in [-0.15, -0.1) is 11.3 Å². The van der Waals surface area contributed by atoms with E-state index in [0.717, 1.165) is 11.1 Å². The molecule has 2 N–H and O–H groups in total. The van der Waals surface area contributed by atoms with Crippen LogP contribution in [0.1, 0.15) is 43.8 Å². The molecule has 0 bridgehead atoms. The maximum atomic E-state index is 13.4. The molecule has 8 heteroatoms. The third kappa shape index (κ3) is 5.50. The fourth-order valence-corrected chi connectivity index (χ4v) is 4.48. The SMILES string of the molecule is CCOC(=O)c1c(-c2ccccc2)csc1N[C@H](NC(=O)c1ccco1)C(=O)c1ccc(C)cc1. The summed E-state index contributed by atoms with van der Waals surface area (Å²) in [6.07, 6.45) is 0.217. The maximum Gasteiger partial charge on any atom is 0.341 e. The van der Waals surface area contributed by atoms with Crippen LogP contribution in [-0.2, 0) is 4.74 Å². The largest absolute Gasteiger partial charge is 0.462 e. The highest BCUT2D eigenvalue weighted by molar-refractivity contribution is 7.15. The van der Waals surface area contributed by atoms with Crippen LogP contribution >= 0.6 is 11.3 Å². The van der Waals surface area contributed by atoms with Crippen LogP contribution < -0.4 is 10.6 Å². The predicted octanol–water partition coefficient (Wildman–Crippen LogP) is 5.54. The van der Waals surface area contributed by atoms with Crippen molar-refractivity contribution in [1.82, 2.24) is 5.32 Å². The number of furan rings is 1. The molecule has 0 unspecified atom stereocenters. The summed E-state index contributed by atoms with van der Waals surface area (Å²) in [5, 5.41) is 8.00. The number of nitrogens with one attached hydrogen (secondary N) is 2. The van der Waals surface area contributed by atoms with Crippen molar-refractivity contribution >= 4 is 34.0 Å². The number of carbonyl (C=O) groups is 3. The van der Waals surface area contributed by atoms with E-state index in [4.69, 9.17) is 9.15 Å². The number of ether oxygens (including phenoxy) is 1. The standard InChI is InChI=1S/C27H24N2O5S/c1-3-33-27(32)22-20(18-8-5-4-6-9-18)16-35-26(22)29-24(28-25(31)21-10-7-15-34-21)23(30)19-13-11-17(2)12-14-19/h4-16,24,29H,3H2,1-2H3,(H,28,31)/t24-/m0/s1. The lowest BCUT2D eigenvalue weighted by Crippen LogP contribution is -2.46. The van der Waals surface area contributed by atoms with E-state index < -0.39 is 18.0 Å². The third-order valence-corrected chi connectivity index (χ3v) is 6.16.